The van der Waals surface area contributed by atoms with E-state index in [4.69, 9.17) is 59.9 Å². The Morgan fingerprint density at radius 2 is 1.00 bits per heavy atom. The molecular weight excluding hydrogens is 532 g/mol. The van der Waals surface area contributed by atoms with Crippen molar-refractivity contribution in [2.45, 2.75) is 70.1 Å². The zero-order valence-corrected chi connectivity index (χ0v) is 22.5. The van der Waals surface area contributed by atoms with E-state index in [1.807, 2.05) is 0 Å². The van der Waals surface area contributed by atoms with E-state index in [1.165, 1.54) is 0 Å². The fraction of sp³-hybridized carbons (Fsp3) is 0.846. The number of nitriles is 1. The number of nitrogens with zero attached hydrogens (tertiary/aromatic N) is 2. The molecule has 4 heterocycles. The number of carboxylic acid groups (broad SMARTS) is 2. The number of aliphatic carboxylic acids is 2. The minimum Gasteiger partial charge on any atom is -0.481 e. The summed E-state index contributed by atoms with van der Waals surface area (Å²) >= 11 is 0. The molecule has 14 nitrogen and oxygen atoms in total. The molecule has 14 heteroatoms. The number of hydrogen-bond acceptors (Lipinski definition) is 11. The second kappa shape index (κ2) is 16.1. The number of carboxylic acids is 2. The van der Waals surface area contributed by atoms with Gasteiger partial charge in [-0.05, 0) is 0 Å². The molecule has 0 unspecified atom stereocenters. The highest BCUT2D eigenvalue weighted by Gasteiger charge is 2.43. The topological polar surface area (TPSA) is 177 Å². The van der Waals surface area contributed by atoms with Crippen LogP contribution in [0.4, 0.5) is 0 Å². The van der Waals surface area contributed by atoms with Gasteiger partial charge in [0.2, 0.25) is 6.54 Å². The van der Waals surface area contributed by atoms with Crippen LogP contribution >= 0.6 is 0 Å². The Labute approximate surface area is 233 Å². The highest BCUT2D eigenvalue weighted by Crippen LogP contribution is 2.33. The molecule has 0 bridgehead atoms. The smallest absolute Gasteiger partial charge is 0.303 e. The Morgan fingerprint density at radius 1 is 0.675 bits per heavy atom. The van der Waals surface area contributed by atoms with Crippen molar-refractivity contribution in [1.82, 2.24) is 0 Å². The highest BCUT2D eigenvalue weighted by atomic mass is 16.7. The fourth-order valence-electron chi connectivity index (χ4n) is 4.35. The van der Waals surface area contributed by atoms with Gasteiger partial charge in [0.25, 0.3) is 0 Å². The van der Waals surface area contributed by atoms with Crippen molar-refractivity contribution >= 4 is 11.9 Å². The lowest BCUT2D eigenvalue weighted by Gasteiger charge is -2.43. The van der Waals surface area contributed by atoms with Crippen molar-refractivity contribution in [3.8, 4) is 6.07 Å². The van der Waals surface area contributed by atoms with Crippen LogP contribution in [0.2, 0.25) is 0 Å². The van der Waals surface area contributed by atoms with Gasteiger partial charge in [0, 0.05) is 25.7 Å². The molecule has 4 rings (SSSR count). The SMILES string of the molecule is O=C(O)CCC1OCC2(CO1)COC(CCC(=O)O)OC2.[C-]#[N+]CCC1OCC2(COC(CCC#N)OC2)CO1. The van der Waals surface area contributed by atoms with Gasteiger partial charge < -0.3 is 53.0 Å². The summed E-state index contributed by atoms with van der Waals surface area (Å²) in [6.07, 6.45) is 0.693. The third-order valence-electron chi connectivity index (χ3n) is 6.76. The van der Waals surface area contributed by atoms with E-state index in [9.17, 15) is 9.59 Å². The fourth-order valence-corrected chi connectivity index (χ4v) is 4.35. The second-order valence-electron chi connectivity index (χ2n) is 10.4. The Kier molecular flexibility index (Phi) is 13.0. The average Bonchev–Trinajstić information content (AvgIpc) is 2.96. The molecule has 4 aliphatic rings. The predicted octanol–water partition coefficient (Wildman–Crippen LogP) is 1.78. The van der Waals surface area contributed by atoms with Gasteiger partial charge >= 0.3 is 11.9 Å². The normalized spacial score (nSPS) is 33.8. The monoisotopic (exact) mass is 570 g/mol. The van der Waals surface area contributed by atoms with Crippen LogP contribution in [0, 0.1) is 28.7 Å². The third kappa shape index (κ3) is 10.5. The summed E-state index contributed by atoms with van der Waals surface area (Å²) in [7, 11) is 0. The lowest BCUT2D eigenvalue weighted by Crippen LogP contribution is -2.52. The van der Waals surface area contributed by atoms with Crippen LogP contribution < -0.4 is 0 Å². The number of ether oxygens (including phenoxy) is 8. The van der Waals surface area contributed by atoms with Crippen molar-refractivity contribution in [3.05, 3.63) is 11.4 Å². The molecule has 0 atom stereocenters. The van der Waals surface area contributed by atoms with Gasteiger partial charge in [0.15, 0.2) is 25.2 Å². The van der Waals surface area contributed by atoms with E-state index in [0.29, 0.717) is 91.5 Å². The number of rotatable bonds is 10. The van der Waals surface area contributed by atoms with Gasteiger partial charge in [0.1, 0.15) is 0 Å². The van der Waals surface area contributed by atoms with E-state index >= 15 is 0 Å². The second-order valence-corrected chi connectivity index (χ2v) is 10.4. The van der Waals surface area contributed by atoms with Crippen molar-refractivity contribution in [3.63, 3.8) is 0 Å². The van der Waals surface area contributed by atoms with Crippen LogP contribution in [0.25, 0.3) is 4.85 Å². The van der Waals surface area contributed by atoms with Crippen molar-refractivity contribution in [1.29, 1.82) is 5.26 Å². The van der Waals surface area contributed by atoms with Gasteiger partial charge in [-0.3, -0.25) is 9.59 Å². The average molecular weight is 571 g/mol. The summed E-state index contributed by atoms with van der Waals surface area (Å²) in [5.74, 6) is -1.76. The lowest BCUT2D eigenvalue weighted by atomic mass is 9.90. The summed E-state index contributed by atoms with van der Waals surface area (Å²) in [6, 6.07) is 2.08. The van der Waals surface area contributed by atoms with E-state index < -0.39 is 24.5 Å². The molecule has 224 valence electrons. The van der Waals surface area contributed by atoms with E-state index in [1.54, 1.807) is 0 Å². The predicted molar refractivity (Wildman–Crippen MR) is 132 cm³/mol. The van der Waals surface area contributed by atoms with Crippen molar-refractivity contribution in [2.24, 2.45) is 10.8 Å². The van der Waals surface area contributed by atoms with Crippen LogP contribution in [0.15, 0.2) is 0 Å². The van der Waals surface area contributed by atoms with Gasteiger partial charge in [-0.25, -0.2) is 6.57 Å². The molecule has 40 heavy (non-hydrogen) atoms. The Bertz CT molecular complexity index is 792. The molecule has 0 saturated carbocycles. The zero-order valence-electron chi connectivity index (χ0n) is 22.5. The third-order valence-corrected chi connectivity index (χ3v) is 6.76. The van der Waals surface area contributed by atoms with Crippen LogP contribution in [0.5, 0.6) is 0 Å². The highest BCUT2D eigenvalue weighted by molar-refractivity contribution is 5.66. The summed E-state index contributed by atoms with van der Waals surface area (Å²) in [4.78, 5) is 24.3. The molecule has 0 amide bonds. The minimum absolute atomic E-state index is 0.00191. The van der Waals surface area contributed by atoms with Crippen LogP contribution in [0.1, 0.15) is 44.9 Å². The molecule has 0 radical (unpaired) electrons. The first-order chi connectivity index (χ1) is 19.3. The Balaban J connectivity index is 0.000000222. The summed E-state index contributed by atoms with van der Waals surface area (Å²) in [5.41, 5.74) is -0.628. The maximum Gasteiger partial charge on any atom is 0.303 e. The van der Waals surface area contributed by atoms with Gasteiger partial charge in [-0.1, -0.05) is 0 Å². The molecule has 4 saturated heterocycles. The molecule has 4 aliphatic heterocycles. The summed E-state index contributed by atoms with van der Waals surface area (Å²) in [6.45, 7) is 10.8. The van der Waals surface area contributed by atoms with Crippen LogP contribution in [-0.4, -0.2) is 107 Å². The van der Waals surface area contributed by atoms with E-state index in [0.717, 1.165) is 0 Å². The molecule has 0 aromatic carbocycles. The quantitative estimate of drug-likeness (QED) is 0.364. The molecule has 2 N–H and O–H groups in total. The molecule has 0 aliphatic carbocycles. The largest absolute Gasteiger partial charge is 0.481 e. The Morgan fingerprint density at radius 3 is 1.30 bits per heavy atom. The van der Waals surface area contributed by atoms with Crippen LogP contribution in [0.3, 0.4) is 0 Å². The molecular formula is C26H38N2O12. The zero-order chi connectivity index (χ0) is 28.8. The number of hydrogen-bond donors (Lipinski definition) is 2. The maximum absolute atomic E-state index is 10.5. The molecule has 0 aromatic rings. The van der Waals surface area contributed by atoms with Crippen LogP contribution in [-0.2, 0) is 47.5 Å². The Hall–Kier alpha value is -2.40. The lowest BCUT2D eigenvalue weighted by molar-refractivity contribution is -0.304. The standard InChI is InChI=1S/C13H18N2O4.C13H20O8/c1-15-6-4-12-18-9-13(10-19-12)7-16-11(17-8-13)3-2-5-14;14-9(15)1-3-11-18-5-13(6-19-11)7-20-12(21-8-13)4-2-10(16)17/h11-12H,2-4,6-10H2;11-12H,1-8H2,(H,14,15)(H,16,17). The van der Waals surface area contributed by atoms with Gasteiger partial charge in [-0.2, -0.15) is 5.26 Å². The minimum atomic E-state index is -0.881. The molecule has 2 spiro atoms. The maximum atomic E-state index is 10.5. The van der Waals surface area contributed by atoms with Crippen molar-refractivity contribution in [2.75, 3.05) is 59.4 Å². The first-order valence-corrected chi connectivity index (χ1v) is 13.3. The summed E-state index contributed by atoms with van der Waals surface area (Å²) < 4.78 is 44.5. The molecule has 0 aromatic heterocycles. The summed E-state index contributed by atoms with van der Waals surface area (Å²) in [5, 5.41) is 25.7. The van der Waals surface area contributed by atoms with E-state index in [-0.39, 0.29) is 36.3 Å². The first-order valence-electron chi connectivity index (χ1n) is 13.3. The molecule has 4 fully saturated rings. The first kappa shape index (κ1) is 32.1. The number of carbonyl (C=O) groups is 2. The van der Waals surface area contributed by atoms with Gasteiger partial charge in [0.05, 0.1) is 89.0 Å². The van der Waals surface area contributed by atoms with Gasteiger partial charge in [-0.15, -0.1) is 0 Å². The van der Waals surface area contributed by atoms with E-state index in [2.05, 4.69) is 10.9 Å². The van der Waals surface area contributed by atoms with Crippen molar-refractivity contribution < 1.29 is 57.7 Å².